The van der Waals surface area contributed by atoms with Crippen LogP contribution in [0.3, 0.4) is 0 Å². The molecule has 0 aromatic rings. The molecule has 0 heterocycles. The van der Waals surface area contributed by atoms with E-state index in [1.165, 1.54) is 30.1 Å². The van der Waals surface area contributed by atoms with Crippen molar-refractivity contribution in [1.29, 1.82) is 0 Å². The van der Waals surface area contributed by atoms with Gasteiger partial charge in [0.25, 0.3) is 0 Å². The first-order chi connectivity index (χ1) is 5.56. The second-order valence-electron chi connectivity index (χ2n) is 2.88. The fourth-order valence-corrected chi connectivity index (χ4v) is 2.10. The van der Waals surface area contributed by atoms with Crippen molar-refractivity contribution in [3.63, 3.8) is 0 Å². The zero-order valence-corrected chi connectivity index (χ0v) is 12.2. The standard InChI is InChI=1S/C8H14Cl3.Sn/c1-2-3-4-5-6-7-8(9,10)11;/h1-7H2;. The van der Waals surface area contributed by atoms with Crippen LogP contribution in [0.4, 0.5) is 0 Å². The van der Waals surface area contributed by atoms with E-state index in [2.05, 4.69) is 0 Å². The van der Waals surface area contributed by atoms with E-state index in [4.69, 9.17) is 34.8 Å². The molecule has 0 atom stereocenters. The summed E-state index contributed by atoms with van der Waals surface area (Å²) in [6, 6.07) is 0. The summed E-state index contributed by atoms with van der Waals surface area (Å²) in [4.78, 5) is 0. The van der Waals surface area contributed by atoms with Gasteiger partial charge in [-0.15, -0.1) is 0 Å². The molecule has 0 saturated carbocycles. The molecular weight excluding hydrogens is 321 g/mol. The summed E-state index contributed by atoms with van der Waals surface area (Å²) < 4.78 is 0.340. The van der Waals surface area contributed by atoms with Gasteiger partial charge in [-0.1, -0.05) is 0 Å². The Morgan fingerprint density at radius 3 is 1.83 bits per heavy atom. The van der Waals surface area contributed by atoms with Gasteiger partial charge in [-0.25, -0.2) is 0 Å². The van der Waals surface area contributed by atoms with Crippen LogP contribution in [0.5, 0.6) is 0 Å². The van der Waals surface area contributed by atoms with E-state index in [0.29, 0.717) is 6.42 Å². The van der Waals surface area contributed by atoms with Crippen LogP contribution in [0.1, 0.15) is 38.5 Å². The Bertz CT molecular complexity index is 101. The third kappa shape index (κ3) is 11.7. The van der Waals surface area contributed by atoms with Gasteiger partial charge in [-0.3, -0.25) is 0 Å². The first-order valence-corrected chi connectivity index (χ1v) is 7.43. The minimum atomic E-state index is -1.03. The normalized spacial score (nSPS) is 12.0. The van der Waals surface area contributed by atoms with E-state index in [1.807, 2.05) is 0 Å². The van der Waals surface area contributed by atoms with Gasteiger partial charge in [-0.2, -0.15) is 0 Å². The molecule has 0 unspecified atom stereocenters. The van der Waals surface area contributed by atoms with Gasteiger partial charge in [0.2, 0.25) is 0 Å². The van der Waals surface area contributed by atoms with Crippen LogP contribution in [-0.4, -0.2) is 26.3 Å². The van der Waals surface area contributed by atoms with Crippen molar-refractivity contribution in [2.45, 2.75) is 46.8 Å². The summed E-state index contributed by atoms with van der Waals surface area (Å²) in [7, 11) is 0. The zero-order valence-electron chi connectivity index (χ0n) is 7.08. The summed E-state index contributed by atoms with van der Waals surface area (Å²) in [5.74, 6) is 0. The number of halogens is 3. The Hall–Kier alpha value is 1.67. The molecule has 0 amide bonds. The van der Waals surface area contributed by atoms with Gasteiger partial charge in [0, 0.05) is 0 Å². The molecule has 0 saturated heterocycles. The van der Waals surface area contributed by atoms with Crippen LogP contribution in [0.2, 0.25) is 4.44 Å². The van der Waals surface area contributed by atoms with Crippen molar-refractivity contribution in [3.8, 4) is 0 Å². The molecule has 0 nitrogen and oxygen atoms in total. The molecule has 0 aliphatic rings. The van der Waals surface area contributed by atoms with E-state index in [0.717, 1.165) is 6.42 Å². The van der Waals surface area contributed by atoms with Gasteiger partial charge in [0.1, 0.15) is 0 Å². The number of alkyl halides is 3. The molecule has 0 N–H and O–H groups in total. The van der Waals surface area contributed by atoms with Crippen LogP contribution in [-0.2, 0) is 0 Å². The summed E-state index contributed by atoms with van der Waals surface area (Å²) in [6.07, 6.45) is 6.92. The van der Waals surface area contributed by atoms with Gasteiger partial charge >= 0.3 is 104 Å². The molecule has 0 aromatic carbocycles. The maximum atomic E-state index is 5.61. The topological polar surface area (TPSA) is 0 Å². The monoisotopic (exact) mass is 335 g/mol. The van der Waals surface area contributed by atoms with Crippen LogP contribution in [0, 0.1) is 0 Å². The van der Waals surface area contributed by atoms with E-state index < -0.39 is 3.79 Å². The van der Waals surface area contributed by atoms with Crippen LogP contribution < -0.4 is 0 Å². The fourth-order valence-electron chi connectivity index (χ4n) is 0.981. The van der Waals surface area contributed by atoms with Gasteiger partial charge in [0.15, 0.2) is 0 Å². The molecule has 3 radical (unpaired) electrons. The molecule has 0 aliphatic carbocycles. The summed E-state index contributed by atoms with van der Waals surface area (Å²) in [5, 5.41) is 0. The van der Waals surface area contributed by atoms with Crippen molar-refractivity contribution in [3.05, 3.63) is 0 Å². The van der Waals surface area contributed by atoms with Crippen molar-refractivity contribution in [2.24, 2.45) is 0 Å². The molecule has 0 aliphatic heterocycles. The molecule has 0 bridgehead atoms. The van der Waals surface area contributed by atoms with Gasteiger partial charge in [0.05, 0.1) is 0 Å². The predicted octanol–water partition coefficient (Wildman–Crippen LogP) is 4.28. The van der Waals surface area contributed by atoms with E-state index in [1.54, 1.807) is 22.5 Å². The van der Waals surface area contributed by atoms with E-state index in [-0.39, 0.29) is 0 Å². The Kier molecular flexibility index (Phi) is 9.13. The molecule has 12 heavy (non-hydrogen) atoms. The molecule has 0 fully saturated rings. The summed E-state index contributed by atoms with van der Waals surface area (Å²) in [5.41, 5.74) is 0. The number of rotatable bonds is 6. The van der Waals surface area contributed by atoms with Gasteiger partial charge < -0.3 is 0 Å². The molecular formula is C8H14Cl3Sn. The summed E-state index contributed by atoms with van der Waals surface area (Å²) >= 11 is 18.5. The Labute approximate surface area is 103 Å². The molecule has 4 heteroatoms. The van der Waals surface area contributed by atoms with E-state index in [9.17, 15) is 0 Å². The van der Waals surface area contributed by atoms with Crippen LogP contribution in [0.15, 0.2) is 0 Å². The Morgan fingerprint density at radius 2 is 1.33 bits per heavy atom. The fraction of sp³-hybridized carbons (Fsp3) is 1.00. The predicted molar refractivity (Wildman–Crippen MR) is 58.6 cm³/mol. The second kappa shape index (κ2) is 8.02. The number of hydrogen-bond donors (Lipinski definition) is 0. The van der Waals surface area contributed by atoms with Gasteiger partial charge in [-0.05, 0) is 0 Å². The molecule has 0 spiro atoms. The third-order valence-electron chi connectivity index (χ3n) is 1.64. The number of hydrogen-bond acceptors (Lipinski definition) is 0. The Morgan fingerprint density at radius 1 is 0.833 bits per heavy atom. The zero-order chi connectivity index (χ0) is 9.45. The second-order valence-corrected chi connectivity index (χ2v) is 6.83. The Balaban J connectivity index is 3.01. The first kappa shape index (κ1) is 13.7. The SMILES string of the molecule is ClC(Cl)(Cl)CCCCCC[CH2][Sn]. The minimum absolute atomic E-state index is 0.690. The van der Waals surface area contributed by atoms with Crippen molar-refractivity contribution < 1.29 is 0 Å². The average molecular weight is 335 g/mol. The summed E-state index contributed by atoms with van der Waals surface area (Å²) in [6.45, 7) is 0. The van der Waals surface area contributed by atoms with Crippen molar-refractivity contribution in [2.75, 3.05) is 0 Å². The maximum absolute atomic E-state index is 5.61. The van der Waals surface area contributed by atoms with Crippen LogP contribution in [0.25, 0.3) is 0 Å². The average Bonchev–Trinajstić information content (AvgIpc) is 1.94. The molecule has 0 aromatic heterocycles. The van der Waals surface area contributed by atoms with Crippen LogP contribution >= 0.6 is 34.8 Å². The van der Waals surface area contributed by atoms with Crippen molar-refractivity contribution >= 4 is 57.3 Å². The van der Waals surface area contributed by atoms with E-state index >= 15 is 0 Å². The third-order valence-corrected chi connectivity index (χ3v) is 3.21. The molecule has 0 rings (SSSR count). The van der Waals surface area contributed by atoms with Crippen molar-refractivity contribution in [1.82, 2.24) is 0 Å². The quantitative estimate of drug-likeness (QED) is 0.386. The molecule has 71 valence electrons. The number of unbranched alkanes of at least 4 members (excludes halogenated alkanes) is 4. The first-order valence-electron chi connectivity index (χ1n) is 4.27.